The van der Waals surface area contributed by atoms with Crippen molar-refractivity contribution in [1.29, 1.82) is 0 Å². The number of fused-ring (bicyclic) bond motifs is 1. The highest BCUT2D eigenvalue weighted by Gasteiger charge is 2.22. The molecule has 0 spiro atoms. The summed E-state index contributed by atoms with van der Waals surface area (Å²) in [7, 11) is 0. The summed E-state index contributed by atoms with van der Waals surface area (Å²) >= 11 is 12.3. The van der Waals surface area contributed by atoms with Crippen molar-refractivity contribution in [2.45, 2.75) is 45.3 Å². The van der Waals surface area contributed by atoms with Crippen molar-refractivity contribution in [3.63, 3.8) is 0 Å². The van der Waals surface area contributed by atoms with Crippen LogP contribution in [-0.4, -0.2) is 46.7 Å². The Morgan fingerprint density at radius 1 is 1.22 bits per heavy atom. The average molecular weight is 475 g/mol. The Labute approximate surface area is 198 Å². The monoisotopic (exact) mass is 474 g/mol. The SMILES string of the molecule is Cc1[nH]c2ccc(CCN3CCC(O)CC3)cc2c1C(=O)OC(C)c1ccc(Cl)cc1Cl. The summed E-state index contributed by atoms with van der Waals surface area (Å²) in [6.07, 6.45) is 1.89. The lowest BCUT2D eigenvalue weighted by Gasteiger charge is -2.29. The Morgan fingerprint density at radius 2 is 1.97 bits per heavy atom. The predicted octanol–water partition coefficient (Wildman–Crippen LogP) is 5.70. The zero-order valence-corrected chi connectivity index (χ0v) is 19.8. The number of carbonyl (C=O) groups is 1. The zero-order chi connectivity index (χ0) is 22.8. The van der Waals surface area contributed by atoms with Crippen LogP contribution < -0.4 is 0 Å². The molecule has 1 aliphatic heterocycles. The molecule has 0 bridgehead atoms. The maximum absolute atomic E-state index is 13.1. The molecule has 1 aliphatic rings. The third kappa shape index (κ3) is 5.12. The van der Waals surface area contributed by atoms with E-state index in [0.29, 0.717) is 21.2 Å². The summed E-state index contributed by atoms with van der Waals surface area (Å²) in [5, 5.41) is 11.6. The molecule has 2 aromatic carbocycles. The number of aromatic nitrogens is 1. The van der Waals surface area contributed by atoms with Gasteiger partial charge in [0.05, 0.1) is 11.7 Å². The maximum Gasteiger partial charge on any atom is 0.341 e. The number of aryl methyl sites for hydroxylation is 1. The van der Waals surface area contributed by atoms with Crippen LogP contribution in [0.5, 0.6) is 0 Å². The minimum atomic E-state index is -0.505. The Hall–Kier alpha value is -2.05. The summed E-state index contributed by atoms with van der Waals surface area (Å²) in [6.45, 7) is 6.48. The first-order valence-corrected chi connectivity index (χ1v) is 11.7. The van der Waals surface area contributed by atoms with Crippen LogP contribution in [0.1, 0.15) is 53.0 Å². The number of likely N-dealkylation sites (tertiary alicyclic amines) is 1. The number of rotatable bonds is 6. The smallest absolute Gasteiger partial charge is 0.341 e. The molecule has 2 N–H and O–H groups in total. The van der Waals surface area contributed by atoms with Gasteiger partial charge in [-0.2, -0.15) is 0 Å². The van der Waals surface area contributed by atoms with E-state index in [-0.39, 0.29) is 12.1 Å². The summed E-state index contributed by atoms with van der Waals surface area (Å²) in [5.74, 6) is -0.380. The van der Waals surface area contributed by atoms with E-state index in [1.165, 1.54) is 5.56 Å². The molecule has 0 saturated carbocycles. The van der Waals surface area contributed by atoms with Crippen molar-refractivity contribution in [1.82, 2.24) is 9.88 Å². The third-order valence-electron chi connectivity index (χ3n) is 6.21. The number of hydrogen-bond donors (Lipinski definition) is 2. The lowest BCUT2D eigenvalue weighted by atomic mass is 10.0. The van der Waals surface area contributed by atoms with Crippen molar-refractivity contribution in [2.75, 3.05) is 19.6 Å². The van der Waals surface area contributed by atoms with Crippen molar-refractivity contribution >= 4 is 40.1 Å². The highest BCUT2D eigenvalue weighted by Crippen LogP contribution is 2.31. The minimum absolute atomic E-state index is 0.163. The van der Waals surface area contributed by atoms with Gasteiger partial charge in [0, 0.05) is 51.8 Å². The van der Waals surface area contributed by atoms with E-state index in [0.717, 1.165) is 55.5 Å². The molecular weight excluding hydrogens is 447 g/mol. The molecule has 1 saturated heterocycles. The molecule has 1 atom stereocenters. The first kappa shape index (κ1) is 23.1. The van der Waals surface area contributed by atoms with Gasteiger partial charge in [0.15, 0.2) is 0 Å². The van der Waals surface area contributed by atoms with E-state index in [1.807, 2.05) is 13.0 Å². The topological polar surface area (TPSA) is 65.6 Å². The van der Waals surface area contributed by atoms with Gasteiger partial charge in [-0.05, 0) is 62.9 Å². The van der Waals surface area contributed by atoms with Gasteiger partial charge >= 0.3 is 5.97 Å². The molecule has 32 heavy (non-hydrogen) atoms. The number of halogens is 2. The number of nitrogens with zero attached hydrogens (tertiary/aromatic N) is 1. The molecule has 170 valence electrons. The number of esters is 1. The van der Waals surface area contributed by atoms with Gasteiger partial charge in [-0.25, -0.2) is 4.79 Å². The summed E-state index contributed by atoms with van der Waals surface area (Å²) < 4.78 is 5.78. The number of aliphatic hydroxyl groups is 1. The van der Waals surface area contributed by atoms with Crippen LogP contribution in [0, 0.1) is 6.92 Å². The highest BCUT2D eigenvalue weighted by atomic mass is 35.5. The fourth-order valence-electron chi connectivity index (χ4n) is 4.34. The largest absolute Gasteiger partial charge is 0.454 e. The zero-order valence-electron chi connectivity index (χ0n) is 18.3. The molecule has 5 nitrogen and oxygen atoms in total. The lowest BCUT2D eigenvalue weighted by Crippen LogP contribution is -2.37. The number of aliphatic hydroxyl groups excluding tert-OH is 1. The number of benzene rings is 2. The lowest BCUT2D eigenvalue weighted by molar-refractivity contribution is 0.0339. The number of H-pyrrole nitrogens is 1. The van der Waals surface area contributed by atoms with Crippen molar-refractivity contribution in [3.8, 4) is 0 Å². The van der Waals surface area contributed by atoms with Crippen LogP contribution in [0.4, 0.5) is 0 Å². The molecular formula is C25H28Cl2N2O3. The highest BCUT2D eigenvalue weighted by molar-refractivity contribution is 6.35. The van der Waals surface area contributed by atoms with Crippen molar-refractivity contribution in [3.05, 3.63) is 68.8 Å². The molecule has 7 heteroatoms. The standard InChI is InChI=1S/C25H28Cl2N2O3/c1-15-24(25(31)32-16(2)20-5-4-18(26)14-22(20)27)21-13-17(3-6-23(21)28-15)7-10-29-11-8-19(30)9-12-29/h3-6,13-14,16,19,28,30H,7-12H2,1-2H3. The average Bonchev–Trinajstić information content (AvgIpc) is 3.08. The Kier molecular flexibility index (Phi) is 7.11. The summed E-state index contributed by atoms with van der Waals surface area (Å²) in [4.78, 5) is 18.8. The first-order chi connectivity index (χ1) is 15.3. The second-order valence-electron chi connectivity index (χ2n) is 8.54. The van der Waals surface area contributed by atoms with Gasteiger partial charge < -0.3 is 19.7 Å². The number of nitrogens with one attached hydrogen (secondary N) is 1. The quantitative estimate of drug-likeness (QED) is 0.449. The fraction of sp³-hybridized carbons (Fsp3) is 0.400. The number of hydrogen-bond acceptors (Lipinski definition) is 4. The van der Waals surface area contributed by atoms with E-state index >= 15 is 0 Å². The molecule has 0 aliphatic carbocycles. The molecule has 2 heterocycles. The molecule has 3 aromatic rings. The maximum atomic E-state index is 13.1. The molecule has 4 rings (SSSR count). The number of piperidine rings is 1. The van der Waals surface area contributed by atoms with Gasteiger partial charge in [0.25, 0.3) is 0 Å². The molecule has 0 radical (unpaired) electrons. The van der Waals surface area contributed by atoms with Crippen LogP contribution in [0.15, 0.2) is 36.4 Å². The van der Waals surface area contributed by atoms with Crippen molar-refractivity contribution in [2.24, 2.45) is 0 Å². The Bertz CT molecular complexity index is 1120. The van der Waals surface area contributed by atoms with E-state index < -0.39 is 6.10 Å². The number of ether oxygens (including phenoxy) is 1. The molecule has 1 fully saturated rings. The predicted molar refractivity (Wildman–Crippen MR) is 129 cm³/mol. The second-order valence-corrected chi connectivity index (χ2v) is 9.38. The number of carbonyl (C=O) groups excluding carboxylic acids is 1. The molecule has 1 unspecified atom stereocenters. The van der Waals surface area contributed by atoms with Crippen LogP contribution in [0.25, 0.3) is 10.9 Å². The Morgan fingerprint density at radius 3 is 2.69 bits per heavy atom. The van der Waals surface area contributed by atoms with Crippen molar-refractivity contribution < 1.29 is 14.6 Å². The van der Waals surface area contributed by atoms with E-state index in [4.69, 9.17) is 27.9 Å². The Balaban J connectivity index is 1.50. The van der Waals surface area contributed by atoms with E-state index in [1.54, 1.807) is 25.1 Å². The molecule has 0 amide bonds. The van der Waals surface area contributed by atoms with Gasteiger partial charge in [0.2, 0.25) is 0 Å². The summed E-state index contributed by atoms with van der Waals surface area (Å²) in [5.41, 5.74) is 4.14. The van der Waals surface area contributed by atoms with Gasteiger partial charge in [-0.1, -0.05) is 35.3 Å². The third-order valence-corrected chi connectivity index (χ3v) is 6.78. The minimum Gasteiger partial charge on any atom is -0.454 e. The van der Waals surface area contributed by atoms with Crippen LogP contribution in [0.2, 0.25) is 10.0 Å². The second kappa shape index (κ2) is 9.84. The van der Waals surface area contributed by atoms with Gasteiger partial charge in [-0.15, -0.1) is 0 Å². The number of aromatic amines is 1. The summed E-state index contributed by atoms with van der Waals surface area (Å²) in [6, 6.07) is 11.4. The first-order valence-electron chi connectivity index (χ1n) is 11.0. The van der Waals surface area contributed by atoms with Crippen LogP contribution in [-0.2, 0) is 11.2 Å². The van der Waals surface area contributed by atoms with E-state index in [9.17, 15) is 9.90 Å². The normalized spacial score (nSPS) is 16.4. The molecule has 1 aromatic heterocycles. The van der Waals surface area contributed by atoms with Crippen LogP contribution in [0.3, 0.4) is 0 Å². The van der Waals surface area contributed by atoms with Crippen LogP contribution >= 0.6 is 23.2 Å². The fourth-order valence-corrected chi connectivity index (χ4v) is 4.90. The van der Waals surface area contributed by atoms with Gasteiger partial charge in [-0.3, -0.25) is 0 Å². The van der Waals surface area contributed by atoms with E-state index in [2.05, 4.69) is 22.0 Å². The van der Waals surface area contributed by atoms with Gasteiger partial charge in [0.1, 0.15) is 6.10 Å².